The Morgan fingerprint density at radius 3 is 2.36 bits per heavy atom. The van der Waals surface area contributed by atoms with Crippen LogP contribution in [0.2, 0.25) is 0 Å². The van der Waals surface area contributed by atoms with Crippen LogP contribution in [0.3, 0.4) is 0 Å². The van der Waals surface area contributed by atoms with Gasteiger partial charge < -0.3 is 25.3 Å². The Hall–Kier alpha value is -4.08. The van der Waals surface area contributed by atoms with E-state index in [0.29, 0.717) is 28.3 Å². The molecule has 0 radical (unpaired) electrons. The summed E-state index contributed by atoms with van der Waals surface area (Å²) in [5.74, 6) is -2.13. The number of nitrogens with zero attached hydrogens (tertiary/aromatic N) is 1. The number of hydrogen-bond donors (Lipinski definition) is 3. The van der Waals surface area contributed by atoms with E-state index in [9.17, 15) is 22.8 Å². The highest BCUT2D eigenvalue weighted by molar-refractivity contribution is 5.88. The fourth-order valence-electron chi connectivity index (χ4n) is 3.63. The van der Waals surface area contributed by atoms with Crippen molar-refractivity contribution >= 4 is 23.5 Å². The van der Waals surface area contributed by atoms with Crippen molar-refractivity contribution in [2.75, 3.05) is 5.32 Å². The van der Waals surface area contributed by atoms with Crippen molar-refractivity contribution < 1.29 is 22.7 Å². The van der Waals surface area contributed by atoms with Gasteiger partial charge in [-0.2, -0.15) is 13.2 Å². The molecule has 0 saturated carbocycles. The highest BCUT2D eigenvalue weighted by atomic mass is 19.4. The molecule has 0 aliphatic rings. The first-order valence-corrected chi connectivity index (χ1v) is 11.2. The first-order chi connectivity index (χ1) is 17.0. The second-order valence-corrected chi connectivity index (χ2v) is 8.58. The molecule has 0 bridgehead atoms. The van der Waals surface area contributed by atoms with Crippen LogP contribution in [0.1, 0.15) is 31.1 Å². The molecular formula is C26H27F3N4O3. The molecule has 0 saturated heterocycles. The molecule has 36 heavy (non-hydrogen) atoms. The molecule has 0 fully saturated rings. The zero-order valence-corrected chi connectivity index (χ0v) is 20.0. The Kier molecular flexibility index (Phi) is 8.18. The van der Waals surface area contributed by atoms with Gasteiger partial charge >= 0.3 is 12.1 Å². The maximum Gasteiger partial charge on any atom is 0.471 e. The number of anilines is 2. The Morgan fingerprint density at radius 1 is 1.08 bits per heavy atom. The average molecular weight is 501 g/mol. The van der Waals surface area contributed by atoms with E-state index in [1.54, 1.807) is 81.7 Å². The molecule has 2 atom stereocenters. The normalized spacial score (nSPS) is 13.1. The van der Waals surface area contributed by atoms with Gasteiger partial charge in [0.1, 0.15) is 11.9 Å². The number of halogens is 3. The number of amides is 1. The number of nitrogens with one attached hydrogen (secondary N) is 3. The van der Waals surface area contributed by atoms with Crippen molar-refractivity contribution in [1.82, 2.24) is 9.88 Å². The first kappa shape index (κ1) is 26.5. The molecule has 1 heterocycles. The van der Waals surface area contributed by atoms with E-state index in [0.717, 1.165) is 6.21 Å². The lowest BCUT2D eigenvalue weighted by molar-refractivity contribution is -0.175. The van der Waals surface area contributed by atoms with Crippen LogP contribution in [0.5, 0.6) is 5.75 Å². The van der Waals surface area contributed by atoms with Crippen molar-refractivity contribution in [2.24, 2.45) is 13.0 Å². The highest BCUT2D eigenvalue weighted by Gasteiger charge is 2.42. The van der Waals surface area contributed by atoms with Crippen LogP contribution < -0.4 is 20.9 Å². The van der Waals surface area contributed by atoms with Gasteiger partial charge in [-0.25, -0.2) is 0 Å². The molecule has 0 aliphatic heterocycles. The molecule has 0 aliphatic carbocycles. The van der Waals surface area contributed by atoms with Gasteiger partial charge in [-0.3, -0.25) is 9.59 Å². The lowest BCUT2D eigenvalue weighted by Gasteiger charge is -2.32. The SMILES string of the molecule is CC(C)[C@H](NC(=O)C(F)(F)F)[C@H](Oc1ccc(Nc2ccc(=O)n(C)c2)c(C=N)c1)c1ccccc1. The summed E-state index contributed by atoms with van der Waals surface area (Å²) in [7, 11) is 1.62. The predicted octanol–water partition coefficient (Wildman–Crippen LogP) is 4.95. The van der Waals surface area contributed by atoms with Crippen LogP contribution in [0.15, 0.2) is 71.7 Å². The second-order valence-electron chi connectivity index (χ2n) is 8.58. The van der Waals surface area contributed by atoms with Crippen molar-refractivity contribution in [3.05, 3.63) is 88.3 Å². The molecule has 3 N–H and O–H groups in total. The zero-order chi connectivity index (χ0) is 26.5. The molecule has 3 rings (SSSR count). The van der Waals surface area contributed by atoms with Gasteiger partial charge in [-0.15, -0.1) is 0 Å². The average Bonchev–Trinajstić information content (AvgIpc) is 2.84. The van der Waals surface area contributed by atoms with Gasteiger partial charge in [0.25, 0.3) is 0 Å². The number of carbonyl (C=O) groups excluding carboxylic acids is 1. The number of hydrogen-bond acceptors (Lipinski definition) is 5. The second kappa shape index (κ2) is 11.1. The monoisotopic (exact) mass is 500 g/mol. The Bertz CT molecular complexity index is 1270. The molecule has 0 spiro atoms. The van der Waals surface area contributed by atoms with Gasteiger partial charge in [-0.1, -0.05) is 44.2 Å². The number of carbonyl (C=O) groups is 1. The molecule has 1 amide bonds. The number of pyridine rings is 1. The summed E-state index contributed by atoms with van der Waals surface area (Å²) >= 11 is 0. The summed E-state index contributed by atoms with van der Waals surface area (Å²) in [5, 5.41) is 13.0. The molecule has 3 aromatic rings. The number of ether oxygens (including phenoxy) is 1. The smallest absolute Gasteiger partial charge is 0.471 e. The number of alkyl halides is 3. The third-order valence-corrected chi connectivity index (χ3v) is 5.53. The molecule has 1 aromatic heterocycles. The van der Waals surface area contributed by atoms with Crippen molar-refractivity contribution in [3.8, 4) is 5.75 Å². The fourth-order valence-corrected chi connectivity index (χ4v) is 3.63. The minimum absolute atomic E-state index is 0.166. The molecule has 0 unspecified atom stereocenters. The van der Waals surface area contributed by atoms with E-state index in [1.807, 2.05) is 0 Å². The van der Waals surface area contributed by atoms with E-state index in [1.165, 1.54) is 10.6 Å². The summed E-state index contributed by atoms with van der Waals surface area (Å²) in [5.41, 5.74) is 2.07. The van der Waals surface area contributed by atoms with E-state index in [2.05, 4.69) is 10.6 Å². The van der Waals surface area contributed by atoms with E-state index >= 15 is 0 Å². The minimum atomic E-state index is -5.03. The van der Waals surface area contributed by atoms with Crippen LogP contribution in [-0.2, 0) is 11.8 Å². The largest absolute Gasteiger partial charge is 0.484 e. The van der Waals surface area contributed by atoms with E-state index < -0.39 is 30.1 Å². The quantitative estimate of drug-likeness (QED) is 0.362. The molecular weight excluding hydrogens is 473 g/mol. The van der Waals surface area contributed by atoms with Crippen molar-refractivity contribution in [3.63, 3.8) is 0 Å². The minimum Gasteiger partial charge on any atom is -0.484 e. The Morgan fingerprint density at radius 2 is 1.78 bits per heavy atom. The Balaban J connectivity index is 1.94. The van der Waals surface area contributed by atoms with Crippen LogP contribution in [0.4, 0.5) is 24.5 Å². The summed E-state index contributed by atoms with van der Waals surface area (Å²) in [6.07, 6.45) is -3.24. The molecule has 190 valence electrons. The van der Waals surface area contributed by atoms with E-state index in [4.69, 9.17) is 10.1 Å². The standard InChI is InChI=1S/C26H27F3N4O3/c1-16(2)23(32-25(35)26(27,28)29)24(17-7-5-4-6-8-17)36-20-10-11-21(18(13-20)14-30)31-19-9-12-22(34)33(3)15-19/h4-16,23-24,30-31H,1-3H3,(H,32,35)/t23-,24+/m0/s1. The highest BCUT2D eigenvalue weighted by Crippen LogP contribution is 2.32. The first-order valence-electron chi connectivity index (χ1n) is 11.2. The maximum absolute atomic E-state index is 13.0. The summed E-state index contributed by atoms with van der Waals surface area (Å²) in [6, 6.07) is 15.6. The third-order valence-electron chi connectivity index (χ3n) is 5.53. The summed E-state index contributed by atoms with van der Waals surface area (Å²) in [6.45, 7) is 3.40. The summed E-state index contributed by atoms with van der Waals surface area (Å²) in [4.78, 5) is 23.4. The number of benzene rings is 2. The van der Waals surface area contributed by atoms with Crippen LogP contribution in [0, 0.1) is 11.3 Å². The Labute approximate surface area is 206 Å². The molecule has 7 nitrogen and oxygen atoms in total. The lowest BCUT2D eigenvalue weighted by Crippen LogP contribution is -2.49. The topological polar surface area (TPSA) is 96.2 Å². The van der Waals surface area contributed by atoms with Crippen molar-refractivity contribution in [2.45, 2.75) is 32.2 Å². The molecule has 10 heteroatoms. The number of rotatable bonds is 9. The van der Waals surface area contributed by atoms with Crippen LogP contribution >= 0.6 is 0 Å². The van der Waals surface area contributed by atoms with Crippen LogP contribution in [-0.4, -0.2) is 28.9 Å². The van der Waals surface area contributed by atoms with Gasteiger partial charge in [0, 0.05) is 36.8 Å². The van der Waals surface area contributed by atoms with Gasteiger partial charge in [-0.05, 0) is 35.7 Å². The lowest BCUT2D eigenvalue weighted by atomic mass is 9.93. The third kappa shape index (κ3) is 6.53. The fraction of sp³-hybridized carbons (Fsp3) is 0.269. The molecule has 2 aromatic carbocycles. The van der Waals surface area contributed by atoms with Crippen LogP contribution in [0.25, 0.3) is 0 Å². The van der Waals surface area contributed by atoms with Gasteiger partial charge in [0.05, 0.1) is 11.7 Å². The zero-order valence-electron chi connectivity index (χ0n) is 20.0. The number of aryl methyl sites for hydroxylation is 1. The summed E-state index contributed by atoms with van der Waals surface area (Å²) < 4.78 is 46.7. The maximum atomic E-state index is 13.0. The van der Waals surface area contributed by atoms with E-state index in [-0.39, 0.29) is 5.56 Å². The number of aromatic nitrogens is 1. The van der Waals surface area contributed by atoms with Gasteiger partial charge in [0.2, 0.25) is 5.56 Å². The van der Waals surface area contributed by atoms with Crippen molar-refractivity contribution in [1.29, 1.82) is 5.41 Å². The predicted molar refractivity (Wildman–Crippen MR) is 132 cm³/mol. The van der Waals surface area contributed by atoms with Gasteiger partial charge in [0.15, 0.2) is 0 Å².